The Hall–Kier alpha value is -1.37. The lowest BCUT2D eigenvalue weighted by atomic mass is 10.2. The summed E-state index contributed by atoms with van der Waals surface area (Å²) in [7, 11) is 0. The maximum Gasteiger partial charge on any atom is 0.287 e. The Kier molecular flexibility index (Phi) is 5.17. The fourth-order valence-corrected chi connectivity index (χ4v) is 2.98. The molecule has 0 aromatic carbocycles. The minimum Gasteiger partial charge on any atom is -0.394 e. The fourth-order valence-electron chi connectivity index (χ4n) is 1.85. The SMILES string of the molecule is CCc1ccsc1CNc1cnn(CCO)c(=O)c1Cl. The van der Waals surface area contributed by atoms with Crippen molar-refractivity contribution in [2.45, 2.75) is 26.4 Å². The molecule has 0 aliphatic heterocycles. The number of aromatic nitrogens is 2. The molecular formula is C13H16ClN3O2S. The highest BCUT2D eigenvalue weighted by Gasteiger charge is 2.10. The van der Waals surface area contributed by atoms with E-state index >= 15 is 0 Å². The van der Waals surface area contributed by atoms with E-state index in [1.807, 2.05) is 0 Å². The Morgan fingerprint density at radius 1 is 1.55 bits per heavy atom. The zero-order valence-electron chi connectivity index (χ0n) is 11.1. The molecule has 0 fully saturated rings. The second-order valence-corrected chi connectivity index (χ2v) is 5.58. The Morgan fingerprint density at radius 2 is 2.35 bits per heavy atom. The third kappa shape index (κ3) is 3.20. The molecule has 7 heteroatoms. The van der Waals surface area contributed by atoms with Gasteiger partial charge in [0.05, 0.1) is 25.0 Å². The summed E-state index contributed by atoms with van der Waals surface area (Å²) in [6, 6.07) is 2.10. The molecule has 20 heavy (non-hydrogen) atoms. The van der Waals surface area contributed by atoms with Gasteiger partial charge in [0.25, 0.3) is 5.56 Å². The predicted molar refractivity (Wildman–Crippen MR) is 81.6 cm³/mol. The summed E-state index contributed by atoms with van der Waals surface area (Å²) in [5.74, 6) is 0. The fraction of sp³-hybridized carbons (Fsp3) is 0.385. The molecular weight excluding hydrogens is 298 g/mol. The van der Waals surface area contributed by atoms with Gasteiger partial charge in [-0.1, -0.05) is 18.5 Å². The largest absolute Gasteiger partial charge is 0.394 e. The Balaban J connectivity index is 2.14. The summed E-state index contributed by atoms with van der Waals surface area (Å²) >= 11 is 7.71. The number of nitrogens with one attached hydrogen (secondary N) is 1. The van der Waals surface area contributed by atoms with Crippen LogP contribution in [0, 0.1) is 0 Å². The molecule has 0 atom stereocenters. The van der Waals surface area contributed by atoms with Crippen molar-refractivity contribution in [1.29, 1.82) is 0 Å². The summed E-state index contributed by atoms with van der Waals surface area (Å²) in [6.45, 7) is 2.72. The molecule has 108 valence electrons. The molecule has 2 aromatic heterocycles. The molecule has 0 bridgehead atoms. The lowest BCUT2D eigenvalue weighted by Crippen LogP contribution is -2.25. The van der Waals surface area contributed by atoms with Crippen molar-refractivity contribution in [3.63, 3.8) is 0 Å². The van der Waals surface area contributed by atoms with Crippen LogP contribution in [0.1, 0.15) is 17.4 Å². The van der Waals surface area contributed by atoms with Crippen LogP contribution in [-0.4, -0.2) is 21.5 Å². The van der Waals surface area contributed by atoms with Crippen LogP contribution in [0.3, 0.4) is 0 Å². The van der Waals surface area contributed by atoms with Gasteiger partial charge in [0.1, 0.15) is 5.02 Å². The quantitative estimate of drug-likeness (QED) is 0.857. The molecule has 0 saturated heterocycles. The molecule has 0 aliphatic rings. The van der Waals surface area contributed by atoms with E-state index in [1.165, 1.54) is 16.6 Å². The van der Waals surface area contributed by atoms with Crippen LogP contribution in [0.2, 0.25) is 5.02 Å². The van der Waals surface area contributed by atoms with Crippen molar-refractivity contribution in [3.05, 3.63) is 43.5 Å². The molecule has 0 unspecified atom stereocenters. The van der Waals surface area contributed by atoms with Crippen LogP contribution in [0.5, 0.6) is 0 Å². The maximum atomic E-state index is 11.9. The topological polar surface area (TPSA) is 67.2 Å². The summed E-state index contributed by atoms with van der Waals surface area (Å²) in [4.78, 5) is 13.1. The second kappa shape index (κ2) is 6.88. The maximum absolute atomic E-state index is 11.9. The molecule has 0 saturated carbocycles. The number of rotatable bonds is 6. The van der Waals surface area contributed by atoms with Crippen LogP contribution < -0.4 is 10.9 Å². The van der Waals surface area contributed by atoms with E-state index in [9.17, 15) is 4.79 Å². The van der Waals surface area contributed by atoms with Gasteiger partial charge in [0.2, 0.25) is 0 Å². The molecule has 0 radical (unpaired) electrons. The third-order valence-corrected chi connectivity index (χ3v) is 4.28. The van der Waals surface area contributed by atoms with Crippen LogP contribution in [-0.2, 0) is 19.5 Å². The minimum absolute atomic E-state index is 0.100. The van der Waals surface area contributed by atoms with Gasteiger partial charge < -0.3 is 10.4 Å². The van der Waals surface area contributed by atoms with Crippen molar-refractivity contribution < 1.29 is 5.11 Å². The molecule has 0 amide bonds. The monoisotopic (exact) mass is 313 g/mol. The number of halogens is 1. The first-order valence-electron chi connectivity index (χ1n) is 6.33. The van der Waals surface area contributed by atoms with Crippen LogP contribution in [0.25, 0.3) is 0 Å². The lowest BCUT2D eigenvalue weighted by Gasteiger charge is -2.09. The zero-order chi connectivity index (χ0) is 14.5. The lowest BCUT2D eigenvalue weighted by molar-refractivity contribution is 0.266. The summed E-state index contributed by atoms with van der Waals surface area (Å²) in [5, 5.41) is 18.1. The standard InChI is InChI=1S/C13H16ClN3O2S/c1-2-9-3-6-20-11(9)8-15-10-7-16-17(4-5-18)13(19)12(10)14/h3,6-7,15,18H,2,4-5,8H2,1H3. The van der Waals surface area contributed by atoms with E-state index in [2.05, 4.69) is 28.8 Å². The highest BCUT2D eigenvalue weighted by molar-refractivity contribution is 7.10. The predicted octanol–water partition coefficient (Wildman–Crippen LogP) is 2.13. The highest BCUT2D eigenvalue weighted by atomic mass is 35.5. The van der Waals surface area contributed by atoms with Gasteiger partial charge in [-0.15, -0.1) is 11.3 Å². The van der Waals surface area contributed by atoms with Crippen LogP contribution >= 0.6 is 22.9 Å². The average Bonchev–Trinajstić information content (AvgIpc) is 2.91. The molecule has 0 aliphatic carbocycles. The minimum atomic E-state index is -0.396. The van der Waals surface area contributed by atoms with Gasteiger partial charge >= 0.3 is 0 Å². The number of anilines is 1. The van der Waals surface area contributed by atoms with E-state index in [-0.39, 0.29) is 18.2 Å². The van der Waals surface area contributed by atoms with E-state index < -0.39 is 5.56 Å². The summed E-state index contributed by atoms with van der Waals surface area (Å²) in [6.07, 6.45) is 2.49. The Morgan fingerprint density at radius 3 is 3.05 bits per heavy atom. The molecule has 2 aromatic rings. The first-order valence-corrected chi connectivity index (χ1v) is 7.58. The first-order chi connectivity index (χ1) is 9.67. The van der Waals surface area contributed by atoms with E-state index in [4.69, 9.17) is 16.7 Å². The van der Waals surface area contributed by atoms with Crippen LogP contribution in [0.4, 0.5) is 5.69 Å². The third-order valence-electron chi connectivity index (χ3n) is 2.95. The first kappa shape index (κ1) is 15.0. The Labute approximate surface area is 125 Å². The van der Waals surface area contributed by atoms with Crippen molar-refractivity contribution in [2.75, 3.05) is 11.9 Å². The zero-order valence-corrected chi connectivity index (χ0v) is 12.7. The molecule has 2 rings (SSSR count). The van der Waals surface area contributed by atoms with Crippen LogP contribution in [0.15, 0.2) is 22.4 Å². The van der Waals surface area contributed by atoms with E-state index in [0.29, 0.717) is 12.2 Å². The number of nitrogens with zero attached hydrogens (tertiary/aromatic N) is 2. The summed E-state index contributed by atoms with van der Waals surface area (Å²) in [5.41, 5.74) is 1.41. The number of aliphatic hydroxyl groups is 1. The molecule has 2 heterocycles. The van der Waals surface area contributed by atoms with E-state index in [1.54, 1.807) is 11.3 Å². The highest BCUT2D eigenvalue weighted by Crippen LogP contribution is 2.21. The normalized spacial score (nSPS) is 10.8. The van der Waals surface area contributed by atoms with E-state index in [0.717, 1.165) is 11.1 Å². The van der Waals surface area contributed by atoms with Gasteiger partial charge in [0, 0.05) is 11.4 Å². The molecule has 2 N–H and O–H groups in total. The van der Waals surface area contributed by atoms with Gasteiger partial charge in [-0.2, -0.15) is 5.10 Å². The van der Waals surface area contributed by atoms with Crippen molar-refractivity contribution in [3.8, 4) is 0 Å². The average molecular weight is 314 g/mol. The van der Waals surface area contributed by atoms with Gasteiger partial charge in [-0.05, 0) is 23.4 Å². The van der Waals surface area contributed by atoms with Gasteiger partial charge in [0.15, 0.2) is 0 Å². The number of hydrogen-bond acceptors (Lipinski definition) is 5. The van der Waals surface area contributed by atoms with Crippen molar-refractivity contribution >= 4 is 28.6 Å². The van der Waals surface area contributed by atoms with Crippen molar-refractivity contribution in [2.24, 2.45) is 0 Å². The number of aliphatic hydroxyl groups excluding tert-OH is 1. The van der Waals surface area contributed by atoms with Crippen molar-refractivity contribution in [1.82, 2.24) is 9.78 Å². The van der Waals surface area contributed by atoms with Gasteiger partial charge in [-0.3, -0.25) is 4.79 Å². The molecule has 5 nitrogen and oxygen atoms in total. The molecule has 0 spiro atoms. The Bertz CT molecular complexity index is 639. The number of thiophene rings is 1. The summed E-state index contributed by atoms with van der Waals surface area (Å²) < 4.78 is 1.15. The smallest absolute Gasteiger partial charge is 0.287 e. The van der Waals surface area contributed by atoms with Gasteiger partial charge in [-0.25, -0.2) is 4.68 Å². The second-order valence-electron chi connectivity index (χ2n) is 4.20. The number of aryl methyl sites for hydroxylation is 1. The number of hydrogen-bond donors (Lipinski definition) is 2.